The number of halogens is 1. The third-order valence-electron chi connectivity index (χ3n) is 6.47. The highest BCUT2D eigenvalue weighted by Gasteiger charge is 2.21. The van der Waals surface area contributed by atoms with E-state index >= 15 is 0 Å². The molecule has 0 aliphatic carbocycles. The van der Waals surface area contributed by atoms with Gasteiger partial charge in [0.2, 0.25) is 0 Å². The number of aromatic nitrogens is 1. The second-order valence-electron chi connectivity index (χ2n) is 9.55. The largest absolute Gasteiger partial charge is 0.374 e. The molecule has 0 bridgehead atoms. The molecule has 1 atom stereocenters. The van der Waals surface area contributed by atoms with Gasteiger partial charge in [-0.25, -0.2) is 4.39 Å². The van der Waals surface area contributed by atoms with Crippen molar-refractivity contribution in [3.63, 3.8) is 0 Å². The van der Waals surface area contributed by atoms with Gasteiger partial charge in [-0.05, 0) is 69.5 Å². The zero-order valence-corrected chi connectivity index (χ0v) is 24.1. The topological polar surface area (TPSA) is 44.9 Å². The van der Waals surface area contributed by atoms with Gasteiger partial charge >= 0.3 is 0 Å². The van der Waals surface area contributed by atoms with Crippen LogP contribution in [0.2, 0.25) is 0 Å². The zero-order valence-electron chi connectivity index (χ0n) is 23.2. The minimum atomic E-state index is -0.256. The first kappa shape index (κ1) is 29.6. The molecule has 0 aliphatic rings. The maximum Gasteiger partial charge on any atom is 0.165 e. The number of thiophene rings is 1. The van der Waals surface area contributed by atoms with Crippen LogP contribution in [0.15, 0.2) is 103 Å². The summed E-state index contributed by atoms with van der Waals surface area (Å²) in [6.07, 6.45) is 14.0. The molecule has 0 spiro atoms. The van der Waals surface area contributed by atoms with Gasteiger partial charge in [0.15, 0.2) is 5.78 Å². The van der Waals surface area contributed by atoms with Crippen LogP contribution in [0.4, 0.5) is 4.39 Å². The summed E-state index contributed by atoms with van der Waals surface area (Å²) in [6.45, 7) is 19.8. The fourth-order valence-electron chi connectivity index (χ4n) is 4.20. The molecule has 39 heavy (non-hydrogen) atoms. The van der Waals surface area contributed by atoms with Crippen molar-refractivity contribution in [2.45, 2.75) is 46.6 Å². The number of aromatic amines is 1. The summed E-state index contributed by atoms with van der Waals surface area (Å²) in [5.41, 5.74) is 6.67. The molecule has 2 heterocycles. The lowest BCUT2D eigenvalue weighted by Crippen LogP contribution is -2.24. The van der Waals surface area contributed by atoms with Gasteiger partial charge < -0.3 is 10.3 Å². The van der Waals surface area contributed by atoms with Crippen molar-refractivity contribution < 1.29 is 9.18 Å². The number of carbonyl (C=O) groups is 1. The number of nitrogens with one attached hydrogen (secondary N) is 2. The van der Waals surface area contributed by atoms with E-state index in [1.165, 1.54) is 6.07 Å². The van der Waals surface area contributed by atoms with Crippen LogP contribution in [0.1, 0.15) is 53.6 Å². The molecule has 2 aromatic heterocycles. The summed E-state index contributed by atoms with van der Waals surface area (Å²) in [4.78, 5) is 18.8. The lowest BCUT2D eigenvalue weighted by Gasteiger charge is -2.22. The molecule has 0 saturated heterocycles. The van der Waals surface area contributed by atoms with Gasteiger partial charge in [-0.15, -0.1) is 11.3 Å². The van der Waals surface area contributed by atoms with Crippen LogP contribution in [0.3, 0.4) is 0 Å². The van der Waals surface area contributed by atoms with Gasteiger partial charge in [0.1, 0.15) is 5.82 Å². The molecule has 1 aromatic carbocycles. The van der Waals surface area contributed by atoms with Gasteiger partial charge in [-0.3, -0.25) is 4.79 Å². The van der Waals surface area contributed by atoms with Crippen LogP contribution < -0.4 is 5.32 Å². The monoisotopic (exact) mass is 540 g/mol. The van der Waals surface area contributed by atoms with Crippen LogP contribution in [-0.2, 0) is 11.2 Å². The van der Waals surface area contributed by atoms with Gasteiger partial charge in [0, 0.05) is 50.5 Å². The maximum atomic E-state index is 14.0. The van der Waals surface area contributed by atoms with E-state index in [9.17, 15) is 9.18 Å². The molecule has 5 heteroatoms. The Bertz CT molecular complexity index is 1460. The normalized spacial score (nSPS) is 12.7. The second-order valence-corrected chi connectivity index (χ2v) is 10.7. The molecular formula is C34H37FN2OS. The molecule has 3 nitrogen and oxygen atoms in total. The Morgan fingerprint density at radius 2 is 1.95 bits per heavy atom. The number of Topliss-reactive ketones (excluding diaryl/α,β-unsaturated/α-hetero) is 1. The van der Waals surface area contributed by atoms with E-state index in [2.05, 4.69) is 48.2 Å². The lowest BCUT2D eigenvalue weighted by atomic mass is 9.98. The third-order valence-corrected chi connectivity index (χ3v) is 7.66. The van der Waals surface area contributed by atoms with Crippen molar-refractivity contribution in [2.75, 3.05) is 0 Å². The fraction of sp³-hybridized carbons (Fsp3) is 0.206. The molecule has 0 amide bonds. The smallest absolute Gasteiger partial charge is 0.165 e. The average Bonchev–Trinajstić information content (AvgIpc) is 3.53. The van der Waals surface area contributed by atoms with E-state index in [-0.39, 0.29) is 24.1 Å². The van der Waals surface area contributed by atoms with Gasteiger partial charge in [-0.1, -0.05) is 67.8 Å². The van der Waals surface area contributed by atoms with Crippen LogP contribution in [0, 0.1) is 19.7 Å². The predicted octanol–water partition coefficient (Wildman–Crippen LogP) is 9.12. The Morgan fingerprint density at radius 1 is 1.18 bits per heavy atom. The Morgan fingerprint density at radius 3 is 2.62 bits per heavy atom. The summed E-state index contributed by atoms with van der Waals surface area (Å²) >= 11 is 1.68. The van der Waals surface area contributed by atoms with E-state index < -0.39 is 0 Å². The van der Waals surface area contributed by atoms with Crippen molar-refractivity contribution in [1.29, 1.82) is 0 Å². The first-order chi connectivity index (χ1) is 18.7. The number of H-pyrrole nitrogens is 1. The molecule has 1 unspecified atom stereocenters. The number of allylic oxidation sites excluding steroid dienone is 6. The maximum absolute atomic E-state index is 14.0. The van der Waals surface area contributed by atoms with Crippen LogP contribution in [0.25, 0.3) is 16.5 Å². The summed E-state index contributed by atoms with van der Waals surface area (Å²) in [5, 5.41) is 3.45. The molecule has 0 radical (unpaired) electrons. The number of hydrogen-bond acceptors (Lipinski definition) is 3. The van der Waals surface area contributed by atoms with Crippen molar-refractivity contribution in [1.82, 2.24) is 10.3 Å². The van der Waals surface area contributed by atoms with Crippen LogP contribution >= 0.6 is 11.3 Å². The van der Waals surface area contributed by atoms with Crippen molar-refractivity contribution >= 4 is 23.2 Å². The quantitative estimate of drug-likeness (QED) is 0.129. The summed E-state index contributed by atoms with van der Waals surface area (Å²) < 4.78 is 14.0. The number of aryl methyl sites for hydroxylation is 3. The summed E-state index contributed by atoms with van der Waals surface area (Å²) in [7, 11) is 0. The summed E-state index contributed by atoms with van der Waals surface area (Å²) in [6, 6.07) is 9.09. The zero-order chi connectivity index (χ0) is 28.5. The third kappa shape index (κ3) is 7.55. The molecule has 202 valence electrons. The molecule has 0 fully saturated rings. The van der Waals surface area contributed by atoms with Gasteiger partial charge in [-0.2, -0.15) is 0 Å². The van der Waals surface area contributed by atoms with E-state index in [4.69, 9.17) is 0 Å². The average molecular weight is 541 g/mol. The van der Waals surface area contributed by atoms with E-state index in [0.29, 0.717) is 23.3 Å². The standard InChI is InChI=1S/C34H37FN2OS/c1-8-10-12-27-24(6)36-21-29(27)32-18-19-33(39-32)34(22(3)4)37-25(7)28(13-11-9-2)31(38)17-16-26-15-14-23(5)30(35)20-26/h8-15,18-21,34,36-37H,1,3,7,16-17H2,2,4-6H3/b11-9-,12-10-,28-13-. The first-order valence-electron chi connectivity index (χ1n) is 13.0. The molecule has 2 N–H and O–H groups in total. The van der Waals surface area contributed by atoms with E-state index in [1.807, 2.05) is 51.3 Å². The lowest BCUT2D eigenvalue weighted by molar-refractivity contribution is -0.115. The predicted molar refractivity (Wildman–Crippen MR) is 165 cm³/mol. The highest BCUT2D eigenvalue weighted by molar-refractivity contribution is 7.15. The highest BCUT2D eigenvalue weighted by atomic mass is 32.1. The SMILES string of the molecule is C=C/C=C\c1c(-c2ccc(C(NC(=C)/C(=C/C=C\C)C(=O)CCc3ccc(C)c(F)c3)C(=C)C)s2)c[nH]c1C. The number of rotatable bonds is 13. The highest BCUT2D eigenvalue weighted by Crippen LogP contribution is 2.37. The molecular weight excluding hydrogens is 503 g/mol. The second kappa shape index (κ2) is 13.7. The molecule has 0 aliphatic heterocycles. The number of carbonyl (C=O) groups excluding carboxylic acids is 1. The molecule has 0 saturated carbocycles. The van der Waals surface area contributed by atoms with Crippen molar-refractivity contribution in [3.8, 4) is 10.4 Å². The van der Waals surface area contributed by atoms with Crippen LogP contribution in [-0.4, -0.2) is 10.8 Å². The van der Waals surface area contributed by atoms with Crippen LogP contribution in [0.5, 0.6) is 0 Å². The molecule has 3 rings (SSSR count). The van der Waals surface area contributed by atoms with E-state index in [1.54, 1.807) is 36.5 Å². The Labute approximate surface area is 235 Å². The summed E-state index contributed by atoms with van der Waals surface area (Å²) in [5.74, 6) is -0.311. The van der Waals surface area contributed by atoms with Crippen molar-refractivity contribution in [3.05, 3.63) is 137 Å². The Balaban J connectivity index is 1.81. The fourth-order valence-corrected chi connectivity index (χ4v) is 5.38. The van der Waals surface area contributed by atoms with Crippen molar-refractivity contribution in [2.24, 2.45) is 0 Å². The number of ketones is 1. The number of benzene rings is 1. The first-order valence-corrected chi connectivity index (χ1v) is 13.8. The molecule has 3 aromatic rings. The number of hydrogen-bond donors (Lipinski definition) is 2. The van der Waals surface area contributed by atoms with E-state index in [0.717, 1.165) is 37.7 Å². The Hall–Kier alpha value is -3.96. The Kier molecular flexibility index (Phi) is 10.4. The minimum Gasteiger partial charge on any atom is -0.374 e. The van der Waals surface area contributed by atoms with Gasteiger partial charge in [0.05, 0.1) is 6.04 Å². The minimum absolute atomic E-state index is 0.0552. The van der Waals surface area contributed by atoms with Gasteiger partial charge in [0.25, 0.3) is 0 Å².